The molecule has 0 bridgehead atoms. The van der Waals surface area contributed by atoms with Crippen LogP contribution in [0.15, 0.2) is 11.6 Å². The second kappa shape index (κ2) is 5.28. The third kappa shape index (κ3) is 3.81. The second-order valence-corrected chi connectivity index (χ2v) is 3.77. The average Bonchev–Trinajstić information content (AvgIpc) is 2.16. The van der Waals surface area contributed by atoms with Gasteiger partial charge in [0.25, 0.3) is 0 Å². The van der Waals surface area contributed by atoms with Crippen LogP contribution in [0, 0.1) is 5.92 Å². The Morgan fingerprint density at radius 3 is 3.08 bits per heavy atom. The van der Waals surface area contributed by atoms with Crippen LogP contribution in [0.3, 0.4) is 0 Å². The molecule has 0 amide bonds. The number of carbonyl (C=O) groups excluding carboxylic acids is 1. The molecule has 1 aliphatic carbocycles. The van der Waals surface area contributed by atoms with Crippen LogP contribution < -0.4 is 0 Å². The normalized spacial score (nSPS) is 22.3. The molecule has 0 saturated carbocycles. The fraction of sp³-hybridized carbons (Fsp3) is 0.700. The predicted molar refractivity (Wildman–Crippen MR) is 52.8 cm³/mol. The Morgan fingerprint density at radius 2 is 2.54 bits per heavy atom. The van der Waals surface area contributed by atoms with Crippen LogP contribution in [0.4, 0.5) is 0 Å². The molecule has 0 aromatic carbocycles. The number of alkyl halides is 1. The van der Waals surface area contributed by atoms with E-state index >= 15 is 0 Å². The molecule has 0 fully saturated rings. The van der Waals surface area contributed by atoms with Crippen LogP contribution in [-0.2, 0) is 9.53 Å². The van der Waals surface area contributed by atoms with Gasteiger partial charge in [-0.1, -0.05) is 11.6 Å². The number of halogens is 1. The Labute approximate surface area is 83.9 Å². The molecule has 0 saturated heterocycles. The molecule has 0 aromatic rings. The molecular weight excluding hydrogens is 188 g/mol. The molecule has 0 N–H and O–H groups in total. The van der Waals surface area contributed by atoms with E-state index in [-0.39, 0.29) is 11.8 Å². The summed E-state index contributed by atoms with van der Waals surface area (Å²) in [5, 5.41) is 0. The summed E-state index contributed by atoms with van der Waals surface area (Å²) in [6.45, 7) is 2.66. The number of rotatable bonds is 3. The number of hydrogen-bond donors (Lipinski definition) is 0. The summed E-state index contributed by atoms with van der Waals surface area (Å²) < 4.78 is 4.97. The van der Waals surface area contributed by atoms with Crippen LogP contribution in [-0.4, -0.2) is 18.5 Å². The van der Waals surface area contributed by atoms with Crippen molar-refractivity contribution in [2.75, 3.05) is 12.5 Å². The first-order valence-corrected chi connectivity index (χ1v) is 5.13. The van der Waals surface area contributed by atoms with Gasteiger partial charge in [0.1, 0.15) is 5.88 Å². The van der Waals surface area contributed by atoms with Crippen molar-refractivity contribution < 1.29 is 9.53 Å². The lowest BCUT2D eigenvalue weighted by Gasteiger charge is -2.19. The first-order chi connectivity index (χ1) is 6.22. The van der Waals surface area contributed by atoms with E-state index in [1.165, 1.54) is 5.57 Å². The number of hydrogen-bond acceptors (Lipinski definition) is 2. The Kier molecular flexibility index (Phi) is 4.29. The highest BCUT2D eigenvalue weighted by molar-refractivity contribution is 6.26. The Bertz CT molecular complexity index is 211. The van der Waals surface area contributed by atoms with Crippen LogP contribution in [0.25, 0.3) is 0 Å². The van der Waals surface area contributed by atoms with Crippen molar-refractivity contribution in [2.45, 2.75) is 26.2 Å². The molecule has 1 atom stereocenters. The molecule has 0 aromatic heterocycles. The topological polar surface area (TPSA) is 26.3 Å². The Hall–Kier alpha value is -0.500. The van der Waals surface area contributed by atoms with Crippen molar-refractivity contribution >= 4 is 17.6 Å². The van der Waals surface area contributed by atoms with E-state index in [9.17, 15) is 4.79 Å². The highest BCUT2D eigenvalue weighted by atomic mass is 35.5. The number of esters is 1. The molecule has 0 heterocycles. The minimum atomic E-state index is -0.312. The number of allylic oxidation sites excluding steroid dienone is 2. The van der Waals surface area contributed by atoms with Crippen LogP contribution in [0.2, 0.25) is 0 Å². The highest BCUT2D eigenvalue weighted by Gasteiger charge is 2.14. The maximum atomic E-state index is 10.7. The summed E-state index contributed by atoms with van der Waals surface area (Å²) in [6.07, 6.45) is 5.51. The zero-order chi connectivity index (χ0) is 9.68. The molecular formula is C10H15ClO2. The average molecular weight is 203 g/mol. The van der Waals surface area contributed by atoms with Gasteiger partial charge in [-0.05, 0) is 32.1 Å². The van der Waals surface area contributed by atoms with Crippen molar-refractivity contribution in [3.63, 3.8) is 0 Å². The molecule has 1 rings (SSSR count). The minimum Gasteiger partial charge on any atom is -0.464 e. The number of carbonyl (C=O) groups is 1. The van der Waals surface area contributed by atoms with Crippen LogP contribution in [0.1, 0.15) is 26.2 Å². The molecule has 0 spiro atoms. The zero-order valence-electron chi connectivity index (χ0n) is 7.88. The van der Waals surface area contributed by atoms with E-state index in [1.54, 1.807) is 0 Å². The lowest BCUT2D eigenvalue weighted by molar-refractivity contribution is -0.142. The van der Waals surface area contributed by atoms with E-state index in [4.69, 9.17) is 16.3 Å². The molecule has 13 heavy (non-hydrogen) atoms. The molecule has 0 radical (unpaired) electrons. The van der Waals surface area contributed by atoms with Crippen LogP contribution in [0.5, 0.6) is 0 Å². The van der Waals surface area contributed by atoms with Crippen molar-refractivity contribution in [2.24, 2.45) is 5.92 Å². The van der Waals surface area contributed by atoms with Gasteiger partial charge >= 0.3 is 5.97 Å². The standard InChI is InChI=1S/C10H15ClO2/c1-8-2-4-9(5-3-8)7-13-10(12)6-11/h2,9H,3-7H2,1H3/t9-/m0/s1. The summed E-state index contributed by atoms with van der Waals surface area (Å²) in [6, 6.07) is 0. The van der Waals surface area contributed by atoms with E-state index in [0.717, 1.165) is 19.3 Å². The van der Waals surface area contributed by atoms with E-state index in [1.807, 2.05) is 0 Å². The maximum Gasteiger partial charge on any atom is 0.320 e. The number of ether oxygens (including phenoxy) is 1. The largest absolute Gasteiger partial charge is 0.464 e. The Morgan fingerprint density at radius 1 is 1.77 bits per heavy atom. The SMILES string of the molecule is CC1=CC[C@H](COC(=O)CCl)CC1. The zero-order valence-corrected chi connectivity index (χ0v) is 8.64. The summed E-state index contributed by atoms with van der Waals surface area (Å²) in [5.41, 5.74) is 1.44. The lowest BCUT2D eigenvalue weighted by atomic mass is 9.91. The van der Waals surface area contributed by atoms with Gasteiger partial charge in [-0.2, -0.15) is 0 Å². The predicted octanol–water partition coefficient (Wildman–Crippen LogP) is 2.51. The van der Waals surface area contributed by atoms with Crippen molar-refractivity contribution in [3.8, 4) is 0 Å². The first-order valence-electron chi connectivity index (χ1n) is 4.59. The quantitative estimate of drug-likeness (QED) is 0.399. The smallest absolute Gasteiger partial charge is 0.320 e. The van der Waals surface area contributed by atoms with Gasteiger partial charge in [-0.15, -0.1) is 11.6 Å². The molecule has 0 aliphatic heterocycles. The third-order valence-electron chi connectivity index (χ3n) is 2.34. The van der Waals surface area contributed by atoms with E-state index in [0.29, 0.717) is 12.5 Å². The Balaban J connectivity index is 2.20. The first kappa shape index (κ1) is 10.6. The summed E-state index contributed by atoms with van der Waals surface area (Å²) in [4.78, 5) is 10.7. The van der Waals surface area contributed by atoms with Crippen molar-refractivity contribution in [1.82, 2.24) is 0 Å². The fourth-order valence-electron chi connectivity index (χ4n) is 1.42. The monoisotopic (exact) mass is 202 g/mol. The van der Waals surface area contributed by atoms with Gasteiger partial charge in [0.05, 0.1) is 6.61 Å². The van der Waals surface area contributed by atoms with E-state index in [2.05, 4.69) is 13.0 Å². The van der Waals surface area contributed by atoms with Gasteiger partial charge < -0.3 is 4.74 Å². The second-order valence-electron chi connectivity index (χ2n) is 3.51. The van der Waals surface area contributed by atoms with Gasteiger partial charge in [0.2, 0.25) is 0 Å². The molecule has 74 valence electrons. The summed E-state index contributed by atoms with van der Waals surface area (Å²) in [5.74, 6) is 0.144. The molecule has 2 nitrogen and oxygen atoms in total. The van der Waals surface area contributed by atoms with Gasteiger partial charge in [0.15, 0.2) is 0 Å². The van der Waals surface area contributed by atoms with Crippen molar-refractivity contribution in [1.29, 1.82) is 0 Å². The summed E-state index contributed by atoms with van der Waals surface area (Å²) in [7, 11) is 0. The molecule has 1 aliphatic rings. The molecule has 0 unspecified atom stereocenters. The minimum absolute atomic E-state index is 0.0401. The highest BCUT2D eigenvalue weighted by Crippen LogP contribution is 2.23. The van der Waals surface area contributed by atoms with Crippen LogP contribution >= 0.6 is 11.6 Å². The molecule has 3 heteroatoms. The lowest BCUT2D eigenvalue weighted by Crippen LogP contribution is -2.16. The maximum absolute atomic E-state index is 10.7. The van der Waals surface area contributed by atoms with Gasteiger partial charge in [-0.25, -0.2) is 0 Å². The van der Waals surface area contributed by atoms with Crippen molar-refractivity contribution in [3.05, 3.63) is 11.6 Å². The van der Waals surface area contributed by atoms with E-state index < -0.39 is 0 Å². The fourth-order valence-corrected chi connectivity index (χ4v) is 1.50. The van der Waals surface area contributed by atoms with Gasteiger partial charge in [0, 0.05) is 0 Å². The van der Waals surface area contributed by atoms with Gasteiger partial charge in [-0.3, -0.25) is 4.79 Å². The summed E-state index contributed by atoms with van der Waals surface area (Å²) >= 11 is 5.31. The third-order valence-corrected chi connectivity index (χ3v) is 2.55.